The van der Waals surface area contributed by atoms with E-state index in [1.165, 1.54) is 0 Å². The van der Waals surface area contributed by atoms with E-state index in [4.69, 9.17) is 4.74 Å². The zero-order valence-corrected chi connectivity index (χ0v) is 8.41. The first-order chi connectivity index (χ1) is 6.69. The SMILES string of the molecule is C=CC(C)c1cc(C(=O)OCC)[nH]n1. The highest BCUT2D eigenvalue weighted by Gasteiger charge is 2.12. The highest BCUT2D eigenvalue weighted by molar-refractivity contribution is 5.87. The Balaban J connectivity index is 2.77. The lowest BCUT2D eigenvalue weighted by Crippen LogP contribution is -2.04. The van der Waals surface area contributed by atoms with Crippen molar-refractivity contribution >= 4 is 5.97 Å². The first kappa shape index (κ1) is 10.5. The molecular formula is C10H14N2O2. The molecule has 1 unspecified atom stereocenters. The van der Waals surface area contributed by atoms with E-state index in [0.29, 0.717) is 12.3 Å². The maximum absolute atomic E-state index is 11.2. The molecule has 0 bridgehead atoms. The summed E-state index contributed by atoms with van der Waals surface area (Å²) in [5, 5.41) is 6.63. The molecule has 0 aliphatic carbocycles. The highest BCUT2D eigenvalue weighted by atomic mass is 16.5. The summed E-state index contributed by atoms with van der Waals surface area (Å²) >= 11 is 0. The van der Waals surface area contributed by atoms with E-state index in [1.54, 1.807) is 19.1 Å². The van der Waals surface area contributed by atoms with Crippen molar-refractivity contribution < 1.29 is 9.53 Å². The number of aromatic nitrogens is 2. The van der Waals surface area contributed by atoms with Crippen molar-refractivity contribution in [3.8, 4) is 0 Å². The lowest BCUT2D eigenvalue weighted by atomic mass is 10.1. The van der Waals surface area contributed by atoms with Gasteiger partial charge in [-0.2, -0.15) is 5.10 Å². The summed E-state index contributed by atoms with van der Waals surface area (Å²) < 4.78 is 4.82. The lowest BCUT2D eigenvalue weighted by Gasteiger charge is -1.98. The van der Waals surface area contributed by atoms with Crippen LogP contribution in [0.4, 0.5) is 0 Å². The van der Waals surface area contributed by atoms with Gasteiger partial charge < -0.3 is 4.74 Å². The van der Waals surface area contributed by atoms with Crippen LogP contribution in [0.1, 0.15) is 35.9 Å². The van der Waals surface area contributed by atoms with E-state index in [0.717, 1.165) is 5.69 Å². The average Bonchev–Trinajstić information content (AvgIpc) is 2.66. The number of carbonyl (C=O) groups excluding carboxylic acids is 1. The molecule has 0 aliphatic rings. The smallest absolute Gasteiger partial charge is 0.356 e. The zero-order valence-electron chi connectivity index (χ0n) is 8.41. The third-order valence-corrected chi connectivity index (χ3v) is 1.91. The summed E-state index contributed by atoms with van der Waals surface area (Å²) in [5.41, 5.74) is 1.18. The first-order valence-corrected chi connectivity index (χ1v) is 4.54. The Kier molecular flexibility index (Phi) is 3.45. The van der Waals surface area contributed by atoms with Crippen molar-refractivity contribution in [2.45, 2.75) is 19.8 Å². The molecule has 76 valence electrons. The number of esters is 1. The van der Waals surface area contributed by atoms with E-state index >= 15 is 0 Å². The van der Waals surface area contributed by atoms with Crippen molar-refractivity contribution in [3.05, 3.63) is 30.1 Å². The molecule has 1 heterocycles. The number of ether oxygens (including phenoxy) is 1. The molecule has 0 radical (unpaired) electrons. The van der Waals surface area contributed by atoms with Gasteiger partial charge in [0.2, 0.25) is 0 Å². The van der Waals surface area contributed by atoms with Gasteiger partial charge in [0.15, 0.2) is 0 Å². The number of hydrogen-bond donors (Lipinski definition) is 1. The number of aromatic amines is 1. The minimum absolute atomic E-state index is 0.134. The maximum Gasteiger partial charge on any atom is 0.356 e. The summed E-state index contributed by atoms with van der Waals surface area (Å²) in [7, 11) is 0. The van der Waals surface area contributed by atoms with E-state index in [-0.39, 0.29) is 11.9 Å². The molecule has 4 heteroatoms. The van der Waals surface area contributed by atoms with Gasteiger partial charge in [-0.1, -0.05) is 13.0 Å². The Morgan fingerprint density at radius 1 is 1.86 bits per heavy atom. The topological polar surface area (TPSA) is 55.0 Å². The number of nitrogens with zero attached hydrogens (tertiary/aromatic N) is 1. The Hall–Kier alpha value is -1.58. The van der Waals surface area contributed by atoms with Crippen LogP contribution in [0.2, 0.25) is 0 Å². The minimum atomic E-state index is -0.373. The lowest BCUT2D eigenvalue weighted by molar-refractivity contribution is 0.0519. The van der Waals surface area contributed by atoms with E-state index < -0.39 is 0 Å². The van der Waals surface area contributed by atoms with Gasteiger partial charge in [0.1, 0.15) is 5.69 Å². The van der Waals surface area contributed by atoms with Gasteiger partial charge in [0.25, 0.3) is 0 Å². The van der Waals surface area contributed by atoms with Crippen LogP contribution < -0.4 is 0 Å². The van der Waals surface area contributed by atoms with Crippen LogP contribution in [0.15, 0.2) is 18.7 Å². The normalized spacial score (nSPS) is 12.1. The van der Waals surface area contributed by atoms with Gasteiger partial charge in [-0.05, 0) is 13.0 Å². The Morgan fingerprint density at radius 2 is 2.57 bits per heavy atom. The van der Waals surface area contributed by atoms with Gasteiger partial charge in [0.05, 0.1) is 12.3 Å². The molecule has 0 saturated heterocycles. The predicted molar refractivity (Wildman–Crippen MR) is 53.2 cm³/mol. The molecule has 0 aliphatic heterocycles. The molecule has 1 N–H and O–H groups in total. The molecule has 14 heavy (non-hydrogen) atoms. The van der Waals surface area contributed by atoms with Crippen molar-refractivity contribution in [2.24, 2.45) is 0 Å². The number of hydrogen-bond acceptors (Lipinski definition) is 3. The van der Waals surface area contributed by atoms with Crippen LogP contribution in [0.25, 0.3) is 0 Å². The average molecular weight is 194 g/mol. The quantitative estimate of drug-likeness (QED) is 0.588. The fourth-order valence-electron chi connectivity index (χ4n) is 1.00. The summed E-state index contributed by atoms with van der Waals surface area (Å²) in [4.78, 5) is 11.2. The molecule has 1 aromatic heterocycles. The molecule has 1 rings (SSSR count). The van der Waals surface area contributed by atoms with Crippen molar-refractivity contribution in [2.75, 3.05) is 6.61 Å². The van der Waals surface area contributed by atoms with Crippen LogP contribution >= 0.6 is 0 Å². The van der Waals surface area contributed by atoms with Crippen molar-refractivity contribution in [3.63, 3.8) is 0 Å². The third-order valence-electron chi connectivity index (χ3n) is 1.91. The van der Waals surface area contributed by atoms with Crippen LogP contribution in [0, 0.1) is 0 Å². The molecular weight excluding hydrogens is 180 g/mol. The van der Waals surface area contributed by atoms with Crippen LogP contribution in [0.3, 0.4) is 0 Å². The summed E-state index contributed by atoms with van der Waals surface area (Å²) in [6.45, 7) is 7.74. The van der Waals surface area contributed by atoms with Gasteiger partial charge in [0, 0.05) is 5.92 Å². The van der Waals surface area contributed by atoms with Gasteiger partial charge >= 0.3 is 5.97 Å². The number of rotatable bonds is 4. The van der Waals surface area contributed by atoms with Crippen LogP contribution in [-0.2, 0) is 4.74 Å². The second kappa shape index (κ2) is 4.60. The first-order valence-electron chi connectivity index (χ1n) is 4.54. The van der Waals surface area contributed by atoms with Crippen LogP contribution in [-0.4, -0.2) is 22.8 Å². The second-order valence-corrected chi connectivity index (χ2v) is 2.95. The summed E-state index contributed by atoms with van der Waals surface area (Å²) in [5.74, 6) is -0.239. The summed E-state index contributed by atoms with van der Waals surface area (Å²) in [6.07, 6.45) is 1.77. The van der Waals surface area contributed by atoms with E-state index in [9.17, 15) is 4.79 Å². The zero-order chi connectivity index (χ0) is 10.6. The Labute approximate surface area is 83.0 Å². The molecule has 1 atom stereocenters. The highest BCUT2D eigenvalue weighted by Crippen LogP contribution is 2.14. The molecule has 0 aromatic carbocycles. The molecule has 1 aromatic rings. The molecule has 0 fully saturated rings. The van der Waals surface area contributed by atoms with E-state index in [2.05, 4.69) is 16.8 Å². The fourth-order valence-corrected chi connectivity index (χ4v) is 1.00. The molecule has 4 nitrogen and oxygen atoms in total. The largest absolute Gasteiger partial charge is 0.461 e. The van der Waals surface area contributed by atoms with Crippen molar-refractivity contribution in [1.29, 1.82) is 0 Å². The van der Waals surface area contributed by atoms with Gasteiger partial charge in [-0.25, -0.2) is 4.79 Å². The summed E-state index contributed by atoms with van der Waals surface area (Å²) in [6, 6.07) is 1.68. The number of allylic oxidation sites excluding steroid dienone is 1. The van der Waals surface area contributed by atoms with Gasteiger partial charge in [-0.3, -0.25) is 5.10 Å². The third kappa shape index (κ3) is 2.22. The predicted octanol–water partition coefficient (Wildman–Crippen LogP) is 1.88. The minimum Gasteiger partial charge on any atom is -0.461 e. The van der Waals surface area contributed by atoms with Gasteiger partial charge in [-0.15, -0.1) is 6.58 Å². The second-order valence-electron chi connectivity index (χ2n) is 2.95. The van der Waals surface area contributed by atoms with Crippen LogP contribution in [0.5, 0.6) is 0 Å². The fraction of sp³-hybridized carbons (Fsp3) is 0.400. The standard InChI is InChI=1S/C10H14N2O2/c1-4-7(3)8-6-9(12-11-8)10(13)14-5-2/h4,6-7H,1,5H2,2-3H3,(H,11,12). The number of nitrogens with one attached hydrogen (secondary N) is 1. The number of H-pyrrole nitrogens is 1. The van der Waals surface area contributed by atoms with E-state index in [1.807, 2.05) is 6.92 Å². The molecule has 0 spiro atoms. The molecule has 0 saturated carbocycles. The van der Waals surface area contributed by atoms with Crippen molar-refractivity contribution in [1.82, 2.24) is 10.2 Å². The Morgan fingerprint density at radius 3 is 3.14 bits per heavy atom. The monoisotopic (exact) mass is 194 g/mol. The Bertz CT molecular complexity index is 331. The maximum atomic E-state index is 11.2. The number of carbonyl (C=O) groups is 1. The molecule has 0 amide bonds.